The Labute approximate surface area is 120 Å². The van der Waals surface area contributed by atoms with Crippen molar-refractivity contribution in [2.45, 2.75) is 58.8 Å². The molecule has 18 heavy (non-hydrogen) atoms. The monoisotopic (exact) mass is 308 g/mol. The van der Waals surface area contributed by atoms with Crippen LogP contribution in [0.4, 0.5) is 0 Å². The predicted molar refractivity (Wildman–Crippen MR) is 61.2 cm³/mol. The van der Waals surface area contributed by atoms with Crippen LogP contribution < -0.4 is 5.26 Å². The third kappa shape index (κ3) is 56.2. The van der Waals surface area contributed by atoms with Crippen LogP contribution in [0.15, 0.2) is 0 Å². The van der Waals surface area contributed by atoms with E-state index in [1.54, 1.807) is 20.8 Å². The summed E-state index contributed by atoms with van der Waals surface area (Å²) in [4.78, 5) is 10.1. The van der Waals surface area contributed by atoms with E-state index in [4.69, 9.17) is 25.8 Å². The van der Waals surface area contributed by atoms with Crippen molar-refractivity contribution in [1.29, 1.82) is 0 Å². The van der Waals surface area contributed by atoms with Gasteiger partial charge in [0.15, 0.2) is 0 Å². The van der Waals surface area contributed by atoms with Crippen molar-refractivity contribution in [3.63, 3.8) is 0 Å². The molecular formula is C10H25O7V-. The Morgan fingerprint density at radius 2 is 1.28 bits per heavy atom. The molecule has 0 saturated heterocycles. The molecule has 0 amide bonds. The van der Waals surface area contributed by atoms with Crippen molar-refractivity contribution in [2.24, 2.45) is 0 Å². The summed E-state index contributed by atoms with van der Waals surface area (Å²) in [6.45, 7) is 6.38. The van der Waals surface area contributed by atoms with Gasteiger partial charge in [0.05, 0.1) is 18.3 Å². The van der Waals surface area contributed by atoms with E-state index in [1.165, 1.54) is 6.92 Å². The SMILES string of the molecule is CC(=O)CC(C)O.CC(O)CC(C)O.O.[O-]O.[V]. The van der Waals surface area contributed by atoms with E-state index in [1.807, 2.05) is 0 Å². The summed E-state index contributed by atoms with van der Waals surface area (Å²) in [7, 11) is 0. The van der Waals surface area contributed by atoms with E-state index < -0.39 is 6.10 Å². The van der Waals surface area contributed by atoms with Gasteiger partial charge in [-0.05, 0) is 34.1 Å². The average Bonchev–Trinajstić information content (AvgIpc) is 2.03. The third-order valence-corrected chi connectivity index (χ3v) is 1.27. The molecule has 0 rings (SSSR count). The van der Waals surface area contributed by atoms with Gasteiger partial charge in [-0.2, -0.15) is 0 Å². The molecule has 3 atom stereocenters. The number of hydrogen-bond donors (Lipinski definition) is 4. The minimum atomic E-state index is -0.475. The van der Waals surface area contributed by atoms with Gasteiger partial charge in [-0.1, -0.05) is 0 Å². The average molecular weight is 308 g/mol. The molecule has 0 bridgehead atoms. The van der Waals surface area contributed by atoms with E-state index in [9.17, 15) is 4.79 Å². The molecule has 8 heteroatoms. The second-order valence-electron chi connectivity index (χ2n) is 3.69. The molecule has 0 fully saturated rings. The first kappa shape index (κ1) is 30.8. The second-order valence-corrected chi connectivity index (χ2v) is 3.69. The zero-order valence-corrected chi connectivity index (χ0v) is 12.6. The van der Waals surface area contributed by atoms with Gasteiger partial charge in [0, 0.05) is 25.0 Å². The molecule has 0 heterocycles. The zero-order chi connectivity index (χ0) is 13.7. The quantitative estimate of drug-likeness (QED) is 0.365. The van der Waals surface area contributed by atoms with Crippen LogP contribution >= 0.6 is 0 Å². The Bertz CT molecular complexity index is 145. The number of aliphatic hydroxyl groups excluding tert-OH is 3. The fraction of sp³-hybridized carbons (Fsp3) is 0.900. The van der Waals surface area contributed by atoms with Gasteiger partial charge >= 0.3 is 0 Å². The number of hydrogen-bond acceptors (Lipinski definition) is 6. The molecular weight excluding hydrogens is 283 g/mol. The molecule has 0 aliphatic heterocycles. The van der Waals surface area contributed by atoms with Gasteiger partial charge in [-0.3, -0.25) is 4.79 Å². The van der Waals surface area contributed by atoms with Crippen LogP contribution in [0, 0.1) is 0 Å². The summed E-state index contributed by atoms with van der Waals surface area (Å²) >= 11 is 0. The van der Waals surface area contributed by atoms with Crippen molar-refractivity contribution in [3.8, 4) is 0 Å². The van der Waals surface area contributed by atoms with Gasteiger partial charge in [0.2, 0.25) is 0 Å². The van der Waals surface area contributed by atoms with Gasteiger partial charge < -0.3 is 31.3 Å². The standard InChI is InChI=1S/C5H12O2.C5H10O2.H2O2.H2O.V/c2*1-4(6)3-5(2)7;1-2;;/h4-7H,3H2,1-2H3;4,6H,3H2,1-2H3;1-2H;1H2;/p-1. The molecule has 0 aromatic carbocycles. The van der Waals surface area contributed by atoms with Crippen molar-refractivity contribution in [1.82, 2.24) is 0 Å². The van der Waals surface area contributed by atoms with E-state index >= 15 is 0 Å². The zero-order valence-electron chi connectivity index (χ0n) is 11.2. The van der Waals surface area contributed by atoms with Crippen LogP contribution in [0.3, 0.4) is 0 Å². The number of rotatable bonds is 4. The molecule has 0 aliphatic carbocycles. The van der Waals surface area contributed by atoms with E-state index in [0.717, 1.165) is 0 Å². The summed E-state index contributed by atoms with van der Waals surface area (Å²) < 4.78 is 0. The first-order valence-corrected chi connectivity index (χ1v) is 4.97. The van der Waals surface area contributed by atoms with Crippen molar-refractivity contribution in [3.05, 3.63) is 0 Å². The molecule has 0 aromatic rings. The van der Waals surface area contributed by atoms with Gasteiger partial charge in [0.25, 0.3) is 0 Å². The maximum Gasteiger partial charge on any atom is 0.132 e. The number of carbonyl (C=O) groups excluding carboxylic acids is 1. The van der Waals surface area contributed by atoms with Crippen LogP contribution in [0.1, 0.15) is 40.5 Å². The molecule has 0 spiro atoms. The molecule has 1 radical (unpaired) electrons. The van der Waals surface area contributed by atoms with Gasteiger partial charge in [0.1, 0.15) is 5.78 Å². The van der Waals surface area contributed by atoms with Crippen LogP contribution in [0.25, 0.3) is 0 Å². The first-order chi connectivity index (χ1) is 7.25. The van der Waals surface area contributed by atoms with Gasteiger partial charge in [-0.25, -0.2) is 0 Å². The largest absolute Gasteiger partial charge is 0.727 e. The topological polar surface area (TPSA) is 153 Å². The van der Waals surface area contributed by atoms with E-state index in [2.05, 4.69) is 0 Å². The molecule has 6 N–H and O–H groups in total. The smallest absolute Gasteiger partial charge is 0.132 e. The summed E-state index contributed by atoms with van der Waals surface area (Å²) in [6, 6.07) is 0. The number of Topliss-reactive ketones (excluding diaryl/α,β-unsaturated/α-hetero) is 1. The fourth-order valence-electron chi connectivity index (χ4n) is 0.910. The Hall–Kier alpha value is 0.0144. The summed E-state index contributed by atoms with van der Waals surface area (Å²) in [5, 5.41) is 38.6. The van der Waals surface area contributed by atoms with Crippen molar-refractivity contribution < 1.29 is 54.7 Å². The number of ketones is 1. The molecule has 113 valence electrons. The van der Waals surface area contributed by atoms with Crippen LogP contribution in [0.2, 0.25) is 0 Å². The Morgan fingerprint density at radius 1 is 1.00 bits per heavy atom. The Kier molecular flexibility index (Phi) is 38.0. The Balaban J connectivity index is -0.0000000500. The predicted octanol–water partition coefficient (Wildman–Crippen LogP) is -1.52. The normalized spacial score (nSPS) is 12.9. The van der Waals surface area contributed by atoms with E-state index in [0.29, 0.717) is 6.42 Å². The molecule has 3 unspecified atom stereocenters. The number of aliphatic hydroxyl groups is 3. The number of carbonyl (C=O) groups is 1. The summed E-state index contributed by atoms with van der Waals surface area (Å²) in [5.74, 6) is 0.0370. The van der Waals surface area contributed by atoms with Crippen LogP contribution in [0.5, 0.6) is 0 Å². The first-order valence-electron chi connectivity index (χ1n) is 4.97. The van der Waals surface area contributed by atoms with Crippen molar-refractivity contribution in [2.75, 3.05) is 0 Å². The van der Waals surface area contributed by atoms with Gasteiger partial charge in [-0.15, -0.1) is 0 Å². The summed E-state index contributed by atoms with van der Waals surface area (Å²) in [6.07, 6.45) is -0.475. The minimum absolute atomic E-state index is 0. The second kappa shape index (κ2) is 22.2. The molecule has 0 aliphatic rings. The third-order valence-electron chi connectivity index (χ3n) is 1.27. The van der Waals surface area contributed by atoms with Crippen LogP contribution in [-0.4, -0.2) is 50.1 Å². The fourth-order valence-corrected chi connectivity index (χ4v) is 0.910. The molecule has 0 aromatic heterocycles. The van der Waals surface area contributed by atoms with Crippen LogP contribution in [-0.2, 0) is 23.4 Å². The Morgan fingerprint density at radius 3 is 1.28 bits per heavy atom. The maximum atomic E-state index is 10.1. The summed E-state index contributed by atoms with van der Waals surface area (Å²) in [5.41, 5.74) is 0. The molecule has 0 saturated carbocycles. The van der Waals surface area contributed by atoms with E-state index in [-0.39, 0.29) is 48.4 Å². The van der Waals surface area contributed by atoms with Crippen molar-refractivity contribution >= 4 is 5.78 Å². The maximum absolute atomic E-state index is 10.1. The minimum Gasteiger partial charge on any atom is -0.727 e. The molecule has 7 nitrogen and oxygen atoms in total.